The van der Waals surface area contributed by atoms with Crippen molar-refractivity contribution in [2.75, 3.05) is 0 Å². The van der Waals surface area contributed by atoms with Crippen molar-refractivity contribution in [2.24, 2.45) is 11.3 Å². The Kier molecular flexibility index (Phi) is 6.39. The van der Waals surface area contributed by atoms with Crippen LogP contribution in [0, 0.1) is 23.0 Å². The van der Waals surface area contributed by atoms with Crippen LogP contribution in [0.15, 0.2) is 66.9 Å². The molecule has 41 heavy (non-hydrogen) atoms. The Bertz CT molecular complexity index is 1640. The van der Waals surface area contributed by atoms with Gasteiger partial charge >= 0.3 is 12.1 Å². The number of carbonyl (C=O) groups is 2. The summed E-state index contributed by atoms with van der Waals surface area (Å²) in [5.41, 5.74) is 1.26. The molecule has 0 aliphatic heterocycles. The van der Waals surface area contributed by atoms with Gasteiger partial charge in [0.15, 0.2) is 0 Å². The third-order valence-corrected chi connectivity index (χ3v) is 8.34. The number of fused-ring (bicyclic) bond motifs is 1. The first kappa shape index (κ1) is 27.0. The van der Waals surface area contributed by atoms with Crippen molar-refractivity contribution >= 4 is 22.8 Å². The average Bonchev–Trinajstić information content (AvgIpc) is 3.25. The molecule has 0 atom stereocenters. The Morgan fingerprint density at radius 2 is 1.54 bits per heavy atom. The minimum atomic E-state index is -4.45. The van der Waals surface area contributed by atoms with E-state index in [9.17, 15) is 36.6 Å². The lowest BCUT2D eigenvalue weighted by Crippen LogP contribution is -2.57. The number of nitrogens with zero attached hydrogens (tertiary/aromatic N) is 1. The zero-order valence-corrected chi connectivity index (χ0v) is 21.6. The van der Waals surface area contributed by atoms with E-state index in [1.807, 2.05) is 0 Å². The number of nitrogens with one attached hydrogen (secondary N) is 1. The van der Waals surface area contributed by atoms with Crippen LogP contribution in [0.5, 0.6) is 0 Å². The van der Waals surface area contributed by atoms with Crippen LogP contribution in [0.1, 0.15) is 47.2 Å². The quantitative estimate of drug-likeness (QED) is 0.246. The predicted octanol–water partition coefficient (Wildman–Crippen LogP) is 7.03. The van der Waals surface area contributed by atoms with Gasteiger partial charge in [0.25, 0.3) is 5.91 Å². The van der Waals surface area contributed by atoms with Crippen molar-refractivity contribution in [3.63, 3.8) is 0 Å². The van der Waals surface area contributed by atoms with Gasteiger partial charge in [-0.15, -0.1) is 0 Å². The topological polar surface area (TPSA) is 71.3 Å². The molecule has 1 heterocycles. The summed E-state index contributed by atoms with van der Waals surface area (Å²) in [5, 5.41) is 12.8. The summed E-state index contributed by atoms with van der Waals surface area (Å²) in [4.78, 5) is 24.8. The molecule has 0 saturated heterocycles. The van der Waals surface area contributed by atoms with Gasteiger partial charge < -0.3 is 15.0 Å². The zero-order chi connectivity index (χ0) is 29.1. The second kappa shape index (κ2) is 9.71. The number of carbonyl (C=O) groups excluding carboxylic acids is 1. The summed E-state index contributed by atoms with van der Waals surface area (Å²) in [5.74, 6) is -3.06. The highest BCUT2D eigenvalue weighted by Crippen LogP contribution is 2.58. The normalized spacial score (nSPS) is 21.9. The number of hydrogen-bond acceptors (Lipinski definition) is 2. The minimum absolute atomic E-state index is 0.0555. The van der Waals surface area contributed by atoms with Crippen molar-refractivity contribution in [3.8, 4) is 11.1 Å². The van der Waals surface area contributed by atoms with Gasteiger partial charge in [0, 0.05) is 30.2 Å². The van der Waals surface area contributed by atoms with Crippen LogP contribution in [0.4, 0.5) is 22.0 Å². The Morgan fingerprint density at radius 3 is 2.15 bits per heavy atom. The first-order valence-electron chi connectivity index (χ1n) is 13.2. The van der Waals surface area contributed by atoms with Gasteiger partial charge in [0.2, 0.25) is 0 Å². The number of benzene rings is 3. The number of aliphatic carboxylic acids is 1. The highest BCUT2D eigenvalue weighted by atomic mass is 19.4. The van der Waals surface area contributed by atoms with Crippen LogP contribution in [-0.4, -0.2) is 27.6 Å². The van der Waals surface area contributed by atoms with Gasteiger partial charge in [0.05, 0.1) is 22.6 Å². The molecule has 10 heteroatoms. The van der Waals surface area contributed by atoms with Crippen LogP contribution in [0.3, 0.4) is 0 Å². The summed E-state index contributed by atoms with van der Waals surface area (Å²) in [6.45, 7) is 0.193. The van der Waals surface area contributed by atoms with E-state index in [1.54, 1.807) is 29.0 Å². The van der Waals surface area contributed by atoms with E-state index in [0.717, 1.165) is 18.2 Å². The lowest BCUT2D eigenvalue weighted by Gasteiger charge is -2.56. The summed E-state index contributed by atoms with van der Waals surface area (Å²) in [6.07, 6.45) is -0.205. The minimum Gasteiger partial charge on any atom is -0.481 e. The largest absolute Gasteiger partial charge is 0.481 e. The predicted molar refractivity (Wildman–Crippen MR) is 141 cm³/mol. The number of carboxylic acid groups (broad SMARTS) is 1. The molecule has 5 nitrogen and oxygen atoms in total. The van der Waals surface area contributed by atoms with E-state index in [-0.39, 0.29) is 35.0 Å². The SMILES string of the molecule is O=C(NC1CC2(C1)CC(C(=O)O)C2)c1cc(-c2cc(F)cc(F)c2)cc2ccn(Cc3ccc(C(F)(F)F)cc3)c12. The molecule has 2 aliphatic carbocycles. The molecule has 1 aromatic heterocycles. The second-order valence-corrected chi connectivity index (χ2v) is 11.3. The number of amides is 1. The fourth-order valence-corrected chi connectivity index (χ4v) is 6.38. The van der Waals surface area contributed by atoms with Crippen LogP contribution in [0.2, 0.25) is 0 Å². The molecule has 2 N–H and O–H groups in total. The van der Waals surface area contributed by atoms with Crippen molar-refractivity contribution in [2.45, 2.75) is 44.4 Å². The number of halogens is 5. The lowest BCUT2D eigenvalue weighted by molar-refractivity contribution is -0.155. The van der Waals surface area contributed by atoms with Crippen molar-refractivity contribution in [3.05, 3.63) is 95.2 Å². The summed E-state index contributed by atoms with van der Waals surface area (Å²) >= 11 is 0. The molecule has 0 unspecified atom stereocenters. The number of hydrogen-bond donors (Lipinski definition) is 2. The van der Waals surface area contributed by atoms with Crippen LogP contribution < -0.4 is 5.32 Å². The molecule has 1 spiro atoms. The van der Waals surface area contributed by atoms with Crippen LogP contribution in [-0.2, 0) is 17.5 Å². The van der Waals surface area contributed by atoms with Crippen LogP contribution >= 0.6 is 0 Å². The first-order chi connectivity index (χ1) is 19.4. The lowest BCUT2D eigenvalue weighted by atomic mass is 9.50. The first-order valence-corrected chi connectivity index (χ1v) is 13.2. The Hall–Kier alpha value is -4.21. The van der Waals surface area contributed by atoms with Gasteiger partial charge in [-0.3, -0.25) is 9.59 Å². The van der Waals surface area contributed by atoms with Crippen LogP contribution in [0.25, 0.3) is 22.0 Å². The monoisotopic (exact) mass is 568 g/mol. The molecule has 2 saturated carbocycles. The third-order valence-electron chi connectivity index (χ3n) is 8.34. The molecule has 4 aromatic rings. The molecule has 2 fully saturated rings. The second-order valence-electron chi connectivity index (χ2n) is 11.3. The number of alkyl halides is 3. The van der Waals surface area contributed by atoms with E-state index in [2.05, 4.69) is 5.32 Å². The number of aromatic nitrogens is 1. The Labute approximate surface area is 231 Å². The summed E-state index contributed by atoms with van der Waals surface area (Å²) < 4.78 is 68.9. The van der Waals surface area contributed by atoms with Gasteiger partial charge in [-0.25, -0.2) is 8.78 Å². The smallest absolute Gasteiger partial charge is 0.416 e. The van der Waals surface area contributed by atoms with E-state index >= 15 is 0 Å². The molecule has 1 amide bonds. The van der Waals surface area contributed by atoms with E-state index in [1.165, 1.54) is 24.3 Å². The van der Waals surface area contributed by atoms with Crippen molar-refractivity contribution in [1.29, 1.82) is 0 Å². The molecule has 0 bridgehead atoms. The van der Waals surface area contributed by atoms with E-state index in [4.69, 9.17) is 0 Å². The van der Waals surface area contributed by atoms with Gasteiger partial charge in [0.1, 0.15) is 11.6 Å². The Balaban J connectivity index is 1.32. The third kappa shape index (κ3) is 5.18. The van der Waals surface area contributed by atoms with Crippen molar-refractivity contribution in [1.82, 2.24) is 9.88 Å². The number of rotatable bonds is 6. The van der Waals surface area contributed by atoms with Crippen molar-refractivity contribution < 1.29 is 36.6 Å². The standard InChI is InChI=1S/C31H25F5N2O3/c32-23-8-20(9-24(33)11-23)19-7-18-5-6-38(16-17-1-3-22(4-2-17)31(34,35)36)27(18)26(10-19)28(39)37-25-14-30(15-25)12-21(13-30)29(40)41/h1-11,21,25H,12-16H2,(H,37,39)(H,40,41). The molecule has 6 rings (SSSR count). The summed E-state index contributed by atoms with van der Waals surface area (Å²) in [6, 6.07) is 12.8. The molecule has 3 aromatic carbocycles. The maximum atomic E-state index is 14.0. The van der Waals surface area contributed by atoms with Gasteiger partial charge in [-0.1, -0.05) is 12.1 Å². The average molecular weight is 569 g/mol. The fraction of sp³-hybridized carbons (Fsp3) is 0.290. The molecule has 0 radical (unpaired) electrons. The Morgan fingerprint density at radius 1 is 0.902 bits per heavy atom. The van der Waals surface area contributed by atoms with E-state index in [0.29, 0.717) is 47.7 Å². The molecular weight excluding hydrogens is 543 g/mol. The fourth-order valence-electron chi connectivity index (χ4n) is 6.38. The molecule has 2 aliphatic rings. The molecule has 212 valence electrons. The highest BCUT2D eigenvalue weighted by molar-refractivity contribution is 6.08. The summed E-state index contributed by atoms with van der Waals surface area (Å²) in [7, 11) is 0. The van der Waals surface area contributed by atoms with Gasteiger partial charge in [-0.05, 0) is 90.3 Å². The van der Waals surface area contributed by atoms with E-state index < -0.39 is 35.3 Å². The zero-order valence-electron chi connectivity index (χ0n) is 21.6. The highest BCUT2D eigenvalue weighted by Gasteiger charge is 2.55. The maximum absolute atomic E-state index is 14.0. The van der Waals surface area contributed by atoms with Gasteiger partial charge in [-0.2, -0.15) is 13.2 Å². The number of carboxylic acids is 1. The maximum Gasteiger partial charge on any atom is 0.416 e. The molecular formula is C31H25F5N2O3.